The Hall–Kier alpha value is -3.01. The van der Waals surface area contributed by atoms with Crippen LogP contribution in [0.15, 0.2) is 66.7 Å². The molecule has 0 unspecified atom stereocenters. The SMILES string of the molecule is CCN(c1ccc(NC(=O)COc2ccc3ccccc3c2)cc1)C(C)C. The van der Waals surface area contributed by atoms with Gasteiger partial charge in [0, 0.05) is 24.0 Å². The minimum atomic E-state index is -0.174. The maximum Gasteiger partial charge on any atom is 0.262 e. The van der Waals surface area contributed by atoms with E-state index in [1.165, 1.54) is 0 Å². The van der Waals surface area contributed by atoms with Crippen LogP contribution >= 0.6 is 0 Å². The van der Waals surface area contributed by atoms with E-state index >= 15 is 0 Å². The molecule has 3 aromatic rings. The molecule has 4 nitrogen and oxygen atoms in total. The van der Waals surface area contributed by atoms with Crippen molar-refractivity contribution in [2.75, 3.05) is 23.4 Å². The summed E-state index contributed by atoms with van der Waals surface area (Å²) in [6.45, 7) is 7.41. The van der Waals surface area contributed by atoms with Gasteiger partial charge in [-0.05, 0) is 67.9 Å². The van der Waals surface area contributed by atoms with Crippen LogP contribution in [0.3, 0.4) is 0 Å². The lowest BCUT2D eigenvalue weighted by atomic mass is 10.1. The van der Waals surface area contributed by atoms with Crippen LogP contribution in [0.25, 0.3) is 10.8 Å². The highest BCUT2D eigenvalue weighted by atomic mass is 16.5. The highest BCUT2D eigenvalue weighted by Gasteiger charge is 2.09. The number of rotatable bonds is 7. The number of ether oxygens (including phenoxy) is 1. The number of carbonyl (C=O) groups excluding carboxylic acids is 1. The Morgan fingerprint density at radius 2 is 1.70 bits per heavy atom. The van der Waals surface area contributed by atoms with Gasteiger partial charge in [0.2, 0.25) is 0 Å². The third-order valence-electron chi connectivity index (χ3n) is 4.54. The highest BCUT2D eigenvalue weighted by molar-refractivity contribution is 5.92. The third kappa shape index (κ3) is 4.79. The summed E-state index contributed by atoms with van der Waals surface area (Å²) in [6.07, 6.45) is 0. The highest BCUT2D eigenvalue weighted by Crippen LogP contribution is 2.21. The molecule has 0 atom stereocenters. The molecule has 0 radical (unpaired) electrons. The Kier molecular flexibility index (Phi) is 5.97. The lowest BCUT2D eigenvalue weighted by Crippen LogP contribution is -2.30. The first-order chi connectivity index (χ1) is 13.1. The van der Waals surface area contributed by atoms with Crippen LogP contribution in [-0.4, -0.2) is 25.1 Å². The average molecular weight is 362 g/mol. The molecule has 1 amide bonds. The molecule has 1 N–H and O–H groups in total. The fraction of sp³-hybridized carbons (Fsp3) is 0.261. The summed E-state index contributed by atoms with van der Waals surface area (Å²) in [7, 11) is 0. The van der Waals surface area contributed by atoms with Crippen LogP contribution in [0, 0.1) is 0 Å². The second-order valence-corrected chi connectivity index (χ2v) is 6.77. The molecule has 0 saturated heterocycles. The summed E-state index contributed by atoms with van der Waals surface area (Å²) in [4.78, 5) is 14.5. The molecule has 0 saturated carbocycles. The van der Waals surface area contributed by atoms with Crippen molar-refractivity contribution in [1.82, 2.24) is 0 Å². The zero-order valence-corrected chi connectivity index (χ0v) is 16.1. The van der Waals surface area contributed by atoms with Crippen molar-refractivity contribution in [2.45, 2.75) is 26.8 Å². The maximum atomic E-state index is 12.2. The second-order valence-electron chi connectivity index (χ2n) is 6.77. The van der Waals surface area contributed by atoms with E-state index in [-0.39, 0.29) is 12.5 Å². The van der Waals surface area contributed by atoms with E-state index in [2.05, 4.69) is 37.1 Å². The van der Waals surface area contributed by atoms with Gasteiger partial charge in [-0.1, -0.05) is 30.3 Å². The zero-order chi connectivity index (χ0) is 19.2. The number of nitrogens with one attached hydrogen (secondary N) is 1. The van der Waals surface area contributed by atoms with Crippen molar-refractivity contribution in [3.8, 4) is 5.75 Å². The molecule has 0 heterocycles. The first kappa shape index (κ1) is 18.8. The van der Waals surface area contributed by atoms with E-state index in [0.717, 1.165) is 28.7 Å². The molecule has 3 rings (SSSR count). The van der Waals surface area contributed by atoms with Gasteiger partial charge in [-0.3, -0.25) is 4.79 Å². The normalized spacial score (nSPS) is 10.8. The van der Waals surface area contributed by atoms with Crippen LogP contribution < -0.4 is 15.0 Å². The topological polar surface area (TPSA) is 41.6 Å². The molecule has 3 aromatic carbocycles. The van der Waals surface area contributed by atoms with Gasteiger partial charge in [-0.2, -0.15) is 0 Å². The standard InChI is InChI=1S/C23H26N2O2/c1-4-25(17(2)3)21-12-10-20(11-13-21)24-23(26)16-27-22-14-9-18-7-5-6-8-19(18)15-22/h5-15,17H,4,16H2,1-3H3,(H,24,26). The van der Waals surface area contributed by atoms with Gasteiger partial charge < -0.3 is 15.0 Å². The maximum absolute atomic E-state index is 12.2. The smallest absolute Gasteiger partial charge is 0.262 e. The number of nitrogens with zero attached hydrogens (tertiary/aromatic N) is 1. The number of carbonyl (C=O) groups is 1. The van der Waals surface area contributed by atoms with E-state index in [0.29, 0.717) is 11.8 Å². The number of fused-ring (bicyclic) bond motifs is 1. The molecule has 140 valence electrons. The Morgan fingerprint density at radius 1 is 1.00 bits per heavy atom. The summed E-state index contributed by atoms with van der Waals surface area (Å²) in [5.41, 5.74) is 1.92. The lowest BCUT2D eigenvalue weighted by molar-refractivity contribution is -0.118. The Morgan fingerprint density at radius 3 is 2.37 bits per heavy atom. The van der Waals surface area contributed by atoms with E-state index in [4.69, 9.17) is 4.74 Å². The molecule has 0 aromatic heterocycles. The lowest BCUT2D eigenvalue weighted by Gasteiger charge is -2.27. The first-order valence-corrected chi connectivity index (χ1v) is 9.35. The summed E-state index contributed by atoms with van der Waals surface area (Å²) >= 11 is 0. The van der Waals surface area contributed by atoms with Gasteiger partial charge in [-0.25, -0.2) is 0 Å². The van der Waals surface area contributed by atoms with Gasteiger partial charge in [0.1, 0.15) is 5.75 Å². The molecule has 0 bridgehead atoms. The molecule has 0 fully saturated rings. The Balaban J connectivity index is 1.57. The molecular weight excluding hydrogens is 336 g/mol. The quantitative estimate of drug-likeness (QED) is 0.636. The number of benzene rings is 3. The van der Waals surface area contributed by atoms with Gasteiger partial charge in [0.25, 0.3) is 5.91 Å². The number of anilines is 2. The monoisotopic (exact) mass is 362 g/mol. The van der Waals surface area contributed by atoms with E-state index < -0.39 is 0 Å². The summed E-state index contributed by atoms with van der Waals surface area (Å²) in [5, 5.41) is 5.12. The number of amides is 1. The minimum Gasteiger partial charge on any atom is -0.484 e. The van der Waals surface area contributed by atoms with Crippen LogP contribution in [-0.2, 0) is 4.79 Å². The Bertz CT molecular complexity index is 904. The number of hydrogen-bond acceptors (Lipinski definition) is 3. The van der Waals surface area contributed by atoms with Crippen molar-refractivity contribution >= 4 is 28.1 Å². The number of hydrogen-bond donors (Lipinski definition) is 1. The molecule has 4 heteroatoms. The van der Waals surface area contributed by atoms with Crippen LogP contribution in [0.4, 0.5) is 11.4 Å². The second kappa shape index (κ2) is 8.58. The van der Waals surface area contributed by atoms with Gasteiger partial charge in [-0.15, -0.1) is 0 Å². The predicted octanol–water partition coefficient (Wildman–Crippen LogP) is 5.09. The fourth-order valence-electron chi connectivity index (χ4n) is 3.19. The van der Waals surface area contributed by atoms with E-state index in [1.54, 1.807) is 0 Å². The van der Waals surface area contributed by atoms with Crippen molar-refractivity contribution in [3.63, 3.8) is 0 Å². The third-order valence-corrected chi connectivity index (χ3v) is 4.54. The largest absolute Gasteiger partial charge is 0.484 e. The molecule has 0 spiro atoms. The average Bonchev–Trinajstić information content (AvgIpc) is 2.68. The van der Waals surface area contributed by atoms with E-state index in [1.807, 2.05) is 60.7 Å². The van der Waals surface area contributed by atoms with Crippen molar-refractivity contribution < 1.29 is 9.53 Å². The molecular formula is C23H26N2O2. The van der Waals surface area contributed by atoms with Crippen LogP contribution in [0.1, 0.15) is 20.8 Å². The van der Waals surface area contributed by atoms with Gasteiger partial charge >= 0.3 is 0 Å². The molecule has 0 aliphatic rings. The summed E-state index contributed by atoms with van der Waals surface area (Å²) in [5.74, 6) is 0.516. The summed E-state index contributed by atoms with van der Waals surface area (Å²) in [6, 6.07) is 22.2. The van der Waals surface area contributed by atoms with Crippen molar-refractivity contribution in [1.29, 1.82) is 0 Å². The van der Waals surface area contributed by atoms with Crippen molar-refractivity contribution in [3.05, 3.63) is 66.7 Å². The molecule has 27 heavy (non-hydrogen) atoms. The van der Waals surface area contributed by atoms with E-state index in [9.17, 15) is 4.79 Å². The van der Waals surface area contributed by atoms with Crippen LogP contribution in [0.5, 0.6) is 5.75 Å². The predicted molar refractivity (Wildman–Crippen MR) is 113 cm³/mol. The molecule has 0 aliphatic carbocycles. The molecule has 0 aliphatic heterocycles. The zero-order valence-electron chi connectivity index (χ0n) is 16.1. The van der Waals surface area contributed by atoms with Gasteiger partial charge in [0.15, 0.2) is 6.61 Å². The van der Waals surface area contributed by atoms with Gasteiger partial charge in [0.05, 0.1) is 0 Å². The fourth-order valence-corrected chi connectivity index (χ4v) is 3.19. The first-order valence-electron chi connectivity index (χ1n) is 9.35. The Labute approximate surface area is 160 Å². The van der Waals surface area contributed by atoms with Crippen LogP contribution in [0.2, 0.25) is 0 Å². The summed E-state index contributed by atoms with van der Waals surface area (Å²) < 4.78 is 5.64. The van der Waals surface area contributed by atoms with Crippen molar-refractivity contribution in [2.24, 2.45) is 0 Å². The minimum absolute atomic E-state index is 0.0207.